The molecule has 3 atom stereocenters. The Bertz CT molecular complexity index is 307. The first-order chi connectivity index (χ1) is 6.83. The van der Waals surface area contributed by atoms with Crippen LogP contribution in [0.15, 0.2) is 43.0 Å². The van der Waals surface area contributed by atoms with E-state index >= 15 is 0 Å². The second kappa shape index (κ2) is 3.95. The molecule has 1 heterocycles. The molecule has 0 amide bonds. The van der Waals surface area contributed by atoms with E-state index in [1.165, 1.54) is 0 Å². The minimum Gasteiger partial charge on any atom is -0.389 e. The normalized spacial score (nSPS) is 31.6. The number of rotatable bonds is 2. The molecule has 0 bridgehead atoms. The molecule has 74 valence electrons. The van der Waals surface area contributed by atoms with Gasteiger partial charge < -0.3 is 9.84 Å². The summed E-state index contributed by atoms with van der Waals surface area (Å²) in [5, 5.41) is 9.91. The van der Waals surface area contributed by atoms with Gasteiger partial charge in [-0.1, -0.05) is 36.4 Å². The highest BCUT2D eigenvalue weighted by molar-refractivity contribution is 5.20. The van der Waals surface area contributed by atoms with Gasteiger partial charge in [0, 0.05) is 5.92 Å². The van der Waals surface area contributed by atoms with Gasteiger partial charge in [0.2, 0.25) is 0 Å². The van der Waals surface area contributed by atoms with Crippen LogP contribution < -0.4 is 0 Å². The Balaban J connectivity index is 2.18. The van der Waals surface area contributed by atoms with Crippen LogP contribution >= 0.6 is 0 Å². The summed E-state index contributed by atoms with van der Waals surface area (Å²) in [6.45, 7) is 4.24. The molecule has 0 aromatic heterocycles. The summed E-state index contributed by atoms with van der Waals surface area (Å²) in [4.78, 5) is 0. The van der Waals surface area contributed by atoms with Crippen molar-refractivity contribution in [1.29, 1.82) is 0 Å². The molecule has 2 nitrogen and oxygen atoms in total. The number of hydrogen-bond donors (Lipinski definition) is 1. The average Bonchev–Trinajstić information content (AvgIpc) is 2.61. The van der Waals surface area contributed by atoms with Gasteiger partial charge in [0.25, 0.3) is 0 Å². The van der Waals surface area contributed by atoms with E-state index in [1.807, 2.05) is 30.3 Å². The molecule has 0 radical (unpaired) electrons. The fourth-order valence-corrected chi connectivity index (χ4v) is 1.78. The topological polar surface area (TPSA) is 29.5 Å². The molecule has 0 spiro atoms. The number of hydrogen-bond acceptors (Lipinski definition) is 2. The van der Waals surface area contributed by atoms with Crippen molar-refractivity contribution in [2.45, 2.75) is 12.2 Å². The largest absolute Gasteiger partial charge is 0.389 e. The predicted molar refractivity (Wildman–Crippen MR) is 54.8 cm³/mol. The molecule has 2 heteroatoms. The number of aliphatic hydroxyl groups is 1. The molecule has 1 aromatic rings. The third-order valence-corrected chi connectivity index (χ3v) is 2.65. The van der Waals surface area contributed by atoms with Gasteiger partial charge in [-0.25, -0.2) is 0 Å². The SMILES string of the molecule is C=C[C@@H]1CO[C@H](c2ccccc2)[C@H]1O. The van der Waals surface area contributed by atoms with E-state index in [-0.39, 0.29) is 12.0 Å². The monoisotopic (exact) mass is 190 g/mol. The second-order valence-electron chi connectivity index (χ2n) is 3.55. The number of benzene rings is 1. The molecule has 1 aliphatic rings. The summed E-state index contributed by atoms with van der Waals surface area (Å²) in [6, 6.07) is 9.80. The zero-order valence-corrected chi connectivity index (χ0v) is 7.97. The van der Waals surface area contributed by atoms with Crippen LogP contribution in [0, 0.1) is 5.92 Å². The Kier molecular flexibility index (Phi) is 2.66. The van der Waals surface area contributed by atoms with Crippen LogP contribution in [0.2, 0.25) is 0 Å². The molecule has 1 aromatic carbocycles. The van der Waals surface area contributed by atoms with Crippen LogP contribution in [0.4, 0.5) is 0 Å². The highest BCUT2D eigenvalue weighted by Crippen LogP contribution is 2.32. The average molecular weight is 190 g/mol. The maximum absolute atomic E-state index is 9.91. The standard InChI is InChI=1S/C12H14O2/c1-2-9-8-14-12(11(9)13)10-6-4-3-5-7-10/h2-7,9,11-13H,1,8H2/t9-,11+,12-/m1/s1. The molecule has 1 saturated heterocycles. The van der Waals surface area contributed by atoms with Gasteiger partial charge in [-0.3, -0.25) is 0 Å². The maximum Gasteiger partial charge on any atom is 0.109 e. The predicted octanol–water partition coefficient (Wildman–Crippen LogP) is 1.92. The van der Waals surface area contributed by atoms with E-state index in [9.17, 15) is 5.11 Å². The first kappa shape index (κ1) is 9.44. The van der Waals surface area contributed by atoms with Crippen LogP contribution in [0.5, 0.6) is 0 Å². The molecular weight excluding hydrogens is 176 g/mol. The fourth-order valence-electron chi connectivity index (χ4n) is 1.78. The summed E-state index contributed by atoms with van der Waals surface area (Å²) >= 11 is 0. The van der Waals surface area contributed by atoms with E-state index in [4.69, 9.17) is 4.74 Å². The molecule has 2 rings (SSSR count). The van der Waals surface area contributed by atoms with Crippen molar-refractivity contribution in [3.8, 4) is 0 Å². The summed E-state index contributed by atoms with van der Waals surface area (Å²) in [5.74, 6) is 0.0557. The smallest absolute Gasteiger partial charge is 0.109 e. The molecule has 0 unspecified atom stereocenters. The highest BCUT2D eigenvalue weighted by Gasteiger charge is 2.34. The van der Waals surface area contributed by atoms with Crippen molar-refractivity contribution in [1.82, 2.24) is 0 Å². The minimum atomic E-state index is -0.463. The molecule has 0 aliphatic carbocycles. The lowest BCUT2D eigenvalue weighted by Gasteiger charge is -2.15. The maximum atomic E-state index is 9.91. The van der Waals surface area contributed by atoms with Gasteiger partial charge in [-0.15, -0.1) is 6.58 Å². The van der Waals surface area contributed by atoms with Gasteiger partial charge in [-0.2, -0.15) is 0 Å². The van der Waals surface area contributed by atoms with Crippen molar-refractivity contribution in [3.63, 3.8) is 0 Å². The first-order valence-corrected chi connectivity index (χ1v) is 4.80. The van der Waals surface area contributed by atoms with E-state index in [0.717, 1.165) is 5.56 Å². The van der Waals surface area contributed by atoms with E-state index in [1.54, 1.807) is 6.08 Å². The van der Waals surface area contributed by atoms with Gasteiger partial charge in [-0.05, 0) is 5.56 Å². The van der Waals surface area contributed by atoms with Crippen LogP contribution in [-0.4, -0.2) is 17.8 Å². The zero-order valence-electron chi connectivity index (χ0n) is 7.97. The van der Waals surface area contributed by atoms with Crippen LogP contribution in [-0.2, 0) is 4.74 Å². The summed E-state index contributed by atoms with van der Waals surface area (Å²) in [5.41, 5.74) is 1.03. The second-order valence-corrected chi connectivity index (χ2v) is 3.55. The Labute approximate surface area is 83.8 Å². The molecule has 1 N–H and O–H groups in total. The van der Waals surface area contributed by atoms with Crippen molar-refractivity contribution in [2.24, 2.45) is 5.92 Å². The van der Waals surface area contributed by atoms with Crippen LogP contribution in [0.3, 0.4) is 0 Å². The number of ether oxygens (including phenoxy) is 1. The lowest BCUT2D eigenvalue weighted by Crippen LogP contribution is -2.18. The fraction of sp³-hybridized carbons (Fsp3) is 0.333. The zero-order chi connectivity index (χ0) is 9.97. The molecule has 0 saturated carbocycles. The summed E-state index contributed by atoms with van der Waals surface area (Å²) in [7, 11) is 0. The first-order valence-electron chi connectivity index (χ1n) is 4.80. The molecular formula is C12H14O2. The third kappa shape index (κ3) is 1.59. The Hall–Kier alpha value is -1.12. The minimum absolute atomic E-state index is 0.0557. The Morgan fingerprint density at radius 1 is 1.36 bits per heavy atom. The highest BCUT2D eigenvalue weighted by atomic mass is 16.5. The number of aliphatic hydroxyl groups excluding tert-OH is 1. The lowest BCUT2D eigenvalue weighted by atomic mass is 9.97. The molecule has 1 aliphatic heterocycles. The molecule has 14 heavy (non-hydrogen) atoms. The summed E-state index contributed by atoms with van der Waals surface area (Å²) in [6.07, 6.45) is 1.10. The lowest BCUT2D eigenvalue weighted by molar-refractivity contribution is 0.0398. The molecule has 1 fully saturated rings. The summed E-state index contributed by atoms with van der Waals surface area (Å²) < 4.78 is 5.53. The van der Waals surface area contributed by atoms with Crippen molar-refractivity contribution in [2.75, 3.05) is 6.61 Å². The van der Waals surface area contributed by atoms with Crippen LogP contribution in [0.1, 0.15) is 11.7 Å². The Morgan fingerprint density at radius 2 is 2.07 bits per heavy atom. The quantitative estimate of drug-likeness (QED) is 0.722. The van der Waals surface area contributed by atoms with Crippen molar-refractivity contribution < 1.29 is 9.84 Å². The van der Waals surface area contributed by atoms with Gasteiger partial charge in [0.1, 0.15) is 6.10 Å². The van der Waals surface area contributed by atoms with E-state index in [0.29, 0.717) is 6.61 Å². The van der Waals surface area contributed by atoms with Crippen molar-refractivity contribution >= 4 is 0 Å². The van der Waals surface area contributed by atoms with E-state index < -0.39 is 6.10 Å². The van der Waals surface area contributed by atoms with Gasteiger partial charge in [0.05, 0.1) is 12.7 Å². The van der Waals surface area contributed by atoms with Gasteiger partial charge in [0.15, 0.2) is 0 Å². The van der Waals surface area contributed by atoms with Crippen molar-refractivity contribution in [3.05, 3.63) is 48.6 Å². The van der Waals surface area contributed by atoms with Gasteiger partial charge >= 0.3 is 0 Å². The van der Waals surface area contributed by atoms with E-state index in [2.05, 4.69) is 6.58 Å². The Morgan fingerprint density at radius 3 is 2.64 bits per heavy atom. The van der Waals surface area contributed by atoms with Crippen LogP contribution in [0.25, 0.3) is 0 Å². The third-order valence-electron chi connectivity index (χ3n) is 2.65.